The predicted molar refractivity (Wildman–Crippen MR) is 129 cm³/mol. The molecule has 0 N–H and O–H groups in total. The highest BCUT2D eigenvalue weighted by Crippen LogP contribution is 2.36. The van der Waals surface area contributed by atoms with Gasteiger partial charge in [0.25, 0.3) is 0 Å². The van der Waals surface area contributed by atoms with Gasteiger partial charge in [-0.3, -0.25) is 0 Å². The molecule has 0 bridgehead atoms. The van der Waals surface area contributed by atoms with Crippen LogP contribution in [0.5, 0.6) is 0 Å². The van der Waals surface area contributed by atoms with Gasteiger partial charge in [-0.05, 0) is 70.9 Å². The maximum atomic E-state index is 8.74. The Kier molecular flexibility index (Phi) is 5.29. The number of fused-ring (bicyclic) bond motifs is 1. The molecule has 0 saturated heterocycles. The van der Waals surface area contributed by atoms with E-state index in [1.165, 1.54) is 53.5 Å². The van der Waals surface area contributed by atoms with Gasteiger partial charge in [-0.15, -0.1) is 0 Å². The highest BCUT2D eigenvalue weighted by atomic mass is 14.9. The van der Waals surface area contributed by atoms with Gasteiger partial charge >= 0.3 is 0 Å². The summed E-state index contributed by atoms with van der Waals surface area (Å²) < 4.78 is 19.4. The van der Waals surface area contributed by atoms with Crippen molar-refractivity contribution in [2.24, 2.45) is 13.0 Å². The van der Waals surface area contributed by atoms with Crippen molar-refractivity contribution < 1.29 is 7.31 Å². The Morgan fingerprint density at radius 3 is 2.43 bits per heavy atom. The van der Waals surface area contributed by atoms with E-state index in [9.17, 15) is 0 Å². The largest absolute Gasteiger partial charge is 0.220 e. The van der Waals surface area contributed by atoms with Crippen LogP contribution in [0.4, 0.5) is 0 Å². The quantitative estimate of drug-likeness (QED) is 0.386. The summed E-state index contributed by atoms with van der Waals surface area (Å²) >= 11 is 0. The van der Waals surface area contributed by atoms with E-state index in [-0.39, 0.29) is 6.17 Å². The molecule has 158 valence electrons. The molecular weight excluding hydrogens is 362 g/mol. The van der Waals surface area contributed by atoms with E-state index in [2.05, 4.69) is 65.0 Å². The lowest BCUT2D eigenvalue weighted by atomic mass is 9.86. The number of nitrogens with zero attached hydrogens (tertiary/aromatic N) is 1. The molecule has 1 heterocycles. The van der Waals surface area contributed by atoms with Crippen molar-refractivity contribution in [3.05, 3.63) is 64.8 Å². The van der Waals surface area contributed by atoms with Crippen LogP contribution < -0.4 is 4.57 Å². The highest BCUT2D eigenvalue weighted by Gasteiger charge is 2.22. The Hall–Kier alpha value is -2.15. The second-order valence-electron chi connectivity index (χ2n) is 9.97. The molecule has 1 saturated carbocycles. The van der Waals surface area contributed by atoms with Crippen molar-refractivity contribution in [3.8, 4) is 11.3 Å². The zero-order chi connectivity index (χ0) is 23.2. The molecule has 0 unspecified atom stereocenters. The van der Waals surface area contributed by atoms with Crippen molar-refractivity contribution in [2.75, 3.05) is 0 Å². The predicted octanol–water partition coefficient (Wildman–Crippen LogP) is 7.62. The number of hydrogen-bond acceptors (Lipinski definition) is 0. The summed E-state index contributed by atoms with van der Waals surface area (Å²) in [6.45, 7) is 11.2. The maximum absolute atomic E-state index is 8.74. The molecular formula is C29H38N+. The van der Waals surface area contributed by atoms with Gasteiger partial charge < -0.3 is 0 Å². The van der Waals surface area contributed by atoms with Gasteiger partial charge in [-0.25, -0.2) is 4.57 Å². The van der Waals surface area contributed by atoms with Gasteiger partial charge in [0.05, 0.1) is 12.3 Å². The fourth-order valence-corrected chi connectivity index (χ4v) is 5.22. The van der Waals surface area contributed by atoms with E-state index in [1.54, 1.807) is 0 Å². The van der Waals surface area contributed by atoms with Crippen molar-refractivity contribution in [3.63, 3.8) is 0 Å². The van der Waals surface area contributed by atoms with Gasteiger partial charge in [-0.2, -0.15) is 0 Å². The lowest BCUT2D eigenvalue weighted by Crippen LogP contribution is -2.31. The second kappa shape index (κ2) is 8.53. The zero-order valence-corrected chi connectivity index (χ0v) is 19.6. The van der Waals surface area contributed by atoms with Crippen LogP contribution in [-0.2, 0) is 13.5 Å². The first-order valence-electron chi connectivity index (χ1n) is 12.8. The molecule has 1 aliphatic carbocycles. The van der Waals surface area contributed by atoms with Crippen LogP contribution in [0.15, 0.2) is 42.5 Å². The first-order chi connectivity index (χ1) is 15.2. The van der Waals surface area contributed by atoms with Crippen LogP contribution in [-0.4, -0.2) is 0 Å². The third-order valence-electron chi connectivity index (χ3n) is 7.05. The normalized spacial score (nSPS) is 16.0. The lowest BCUT2D eigenvalue weighted by Gasteiger charge is -2.18. The smallest absolute Gasteiger partial charge is 0.200 e. The average Bonchev–Trinajstić information content (AvgIpc) is 3.26. The molecule has 30 heavy (non-hydrogen) atoms. The molecule has 1 aliphatic rings. The first kappa shape index (κ1) is 18.6. The van der Waals surface area contributed by atoms with Crippen LogP contribution >= 0.6 is 0 Å². The number of hydrogen-bond donors (Lipinski definition) is 0. The van der Waals surface area contributed by atoms with E-state index < -0.39 is 0 Å². The van der Waals surface area contributed by atoms with E-state index in [0.717, 1.165) is 28.8 Å². The first-order valence-corrected chi connectivity index (χ1v) is 11.8. The minimum absolute atomic E-state index is 0.283. The Bertz CT molecular complexity index is 1150. The molecule has 3 aromatic rings. The second-order valence-corrected chi connectivity index (χ2v) is 9.97. The topological polar surface area (TPSA) is 3.88 Å². The van der Waals surface area contributed by atoms with Crippen molar-refractivity contribution in [1.82, 2.24) is 0 Å². The number of rotatable bonds is 5. The van der Waals surface area contributed by atoms with Crippen LogP contribution in [0.25, 0.3) is 22.0 Å². The Morgan fingerprint density at radius 1 is 1.03 bits per heavy atom. The minimum Gasteiger partial charge on any atom is -0.200 e. The molecule has 1 nitrogen and oxygen atoms in total. The zero-order valence-electron chi connectivity index (χ0n) is 21.6. The summed E-state index contributed by atoms with van der Waals surface area (Å²) in [5.74, 6) is 1.65. The fourth-order valence-electron chi connectivity index (χ4n) is 5.22. The van der Waals surface area contributed by atoms with Gasteiger partial charge in [0.15, 0.2) is 6.17 Å². The van der Waals surface area contributed by atoms with E-state index in [0.29, 0.717) is 17.9 Å². The van der Waals surface area contributed by atoms with Gasteiger partial charge in [0.1, 0.15) is 8.42 Å². The Morgan fingerprint density at radius 2 is 1.77 bits per heavy atom. The maximum Gasteiger partial charge on any atom is 0.220 e. The number of aromatic nitrogens is 1. The van der Waals surface area contributed by atoms with Crippen LogP contribution in [0.1, 0.15) is 90.2 Å². The van der Waals surface area contributed by atoms with Crippen molar-refractivity contribution in [1.29, 1.82) is 0 Å². The van der Waals surface area contributed by atoms with Gasteiger partial charge in [0, 0.05) is 6.04 Å². The number of pyridine rings is 1. The number of benzene rings is 2. The molecule has 2 aromatic carbocycles. The Labute approximate surface area is 186 Å². The lowest BCUT2D eigenvalue weighted by molar-refractivity contribution is -0.659. The molecule has 0 spiro atoms. The van der Waals surface area contributed by atoms with E-state index >= 15 is 0 Å². The summed E-state index contributed by atoms with van der Waals surface area (Å²) in [6, 6.07) is 11.7. The minimum atomic E-state index is 0.283. The third kappa shape index (κ3) is 4.04. The molecule has 1 fully saturated rings. The SMILES string of the molecule is [2H]c1c([2H])[n+](C)c(-c2cc(C(C)C)cc(C(C)C)c2C)c2ccc(CC3CCCC3)cc12. The van der Waals surface area contributed by atoms with Gasteiger partial charge in [0.2, 0.25) is 5.69 Å². The molecule has 1 aromatic heterocycles. The van der Waals surface area contributed by atoms with Crippen LogP contribution in [0, 0.1) is 12.8 Å². The van der Waals surface area contributed by atoms with E-state index in [1.807, 2.05) is 11.6 Å². The molecule has 0 amide bonds. The highest BCUT2D eigenvalue weighted by molar-refractivity contribution is 5.94. The molecule has 1 heteroatoms. The van der Waals surface area contributed by atoms with Crippen LogP contribution in [0.3, 0.4) is 0 Å². The molecule has 0 aliphatic heterocycles. The molecule has 0 radical (unpaired) electrons. The molecule has 0 atom stereocenters. The standard InChI is InChI=1S/C29H38N/c1-19(2)25-17-27(20(3)4)21(5)28(18-25)29-26-12-11-23(15-22-9-7-8-10-22)16-24(26)13-14-30(29)6/h11-14,16-20,22H,7-10,15H2,1-6H3/q+1/i13D,14D. The summed E-state index contributed by atoms with van der Waals surface area (Å²) in [5, 5.41) is 2.00. The molecule has 4 rings (SSSR count). The Balaban J connectivity index is 1.96. The summed E-state index contributed by atoms with van der Waals surface area (Å²) in [7, 11) is 1.94. The van der Waals surface area contributed by atoms with Crippen molar-refractivity contribution >= 4 is 10.8 Å². The monoisotopic (exact) mass is 402 g/mol. The fraction of sp³-hybridized carbons (Fsp3) is 0.483. The summed E-state index contributed by atoms with van der Waals surface area (Å²) in [6.07, 6.45) is 6.72. The average molecular weight is 403 g/mol. The summed E-state index contributed by atoms with van der Waals surface area (Å²) in [5.41, 5.74) is 7.57. The summed E-state index contributed by atoms with van der Waals surface area (Å²) in [4.78, 5) is 0. The van der Waals surface area contributed by atoms with Crippen molar-refractivity contribution in [2.45, 2.75) is 78.6 Å². The van der Waals surface area contributed by atoms with Crippen LogP contribution in [0.2, 0.25) is 0 Å². The van der Waals surface area contributed by atoms with E-state index in [4.69, 9.17) is 2.74 Å². The third-order valence-corrected chi connectivity index (χ3v) is 7.05. The van der Waals surface area contributed by atoms with Gasteiger partial charge in [-0.1, -0.05) is 71.6 Å².